The molecule has 8 nitrogen and oxygen atoms in total. The fraction of sp³-hybridized carbons (Fsp3) is 0.417. The van der Waals surface area contributed by atoms with Gasteiger partial charge in [-0.25, -0.2) is 8.42 Å². The molecule has 178 valence electrons. The summed E-state index contributed by atoms with van der Waals surface area (Å²) < 4.78 is 32.7. The van der Waals surface area contributed by atoms with Gasteiger partial charge in [0.1, 0.15) is 5.75 Å². The second-order valence-electron chi connectivity index (χ2n) is 8.26. The van der Waals surface area contributed by atoms with Crippen LogP contribution in [0.1, 0.15) is 36.1 Å². The molecule has 2 aromatic rings. The Morgan fingerprint density at radius 2 is 1.64 bits per heavy atom. The average Bonchev–Trinajstić information content (AvgIpc) is 2.80. The van der Waals surface area contributed by atoms with E-state index >= 15 is 0 Å². The number of benzene rings is 2. The Bertz CT molecular complexity index is 1110. The van der Waals surface area contributed by atoms with Crippen molar-refractivity contribution in [2.24, 2.45) is 0 Å². The molecule has 9 heteroatoms. The average molecular weight is 474 g/mol. The van der Waals surface area contributed by atoms with Crippen LogP contribution in [0.25, 0.3) is 0 Å². The molecule has 0 bridgehead atoms. The van der Waals surface area contributed by atoms with E-state index in [1.807, 2.05) is 32.0 Å². The van der Waals surface area contributed by atoms with Crippen LogP contribution >= 0.6 is 0 Å². The highest BCUT2D eigenvalue weighted by atomic mass is 32.2. The van der Waals surface area contributed by atoms with Crippen LogP contribution in [0.5, 0.6) is 5.75 Å². The zero-order valence-electron chi connectivity index (χ0n) is 19.5. The van der Waals surface area contributed by atoms with E-state index in [4.69, 9.17) is 4.74 Å². The number of carbonyl (C=O) groups is 2. The van der Waals surface area contributed by atoms with Gasteiger partial charge in [-0.2, -0.15) is 4.31 Å². The first-order valence-electron chi connectivity index (χ1n) is 10.9. The van der Waals surface area contributed by atoms with Crippen molar-refractivity contribution in [3.05, 3.63) is 59.2 Å². The summed E-state index contributed by atoms with van der Waals surface area (Å²) in [5, 5.41) is 2.83. The summed E-state index contributed by atoms with van der Waals surface area (Å²) in [7, 11) is -2.04. The minimum Gasteiger partial charge on any atom is -0.497 e. The molecule has 2 aromatic carbocycles. The molecule has 1 atom stereocenters. The second-order valence-corrected chi connectivity index (χ2v) is 10.2. The van der Waals surface area contributed by atoms with Crippen molar-refractivity contribution < 1.29 is 22.7 Å². The Balaban J connectivity index is 1.65. The Morgan fingerprint density at radius 1 is 1.00 bits per heavy atom. The number of sulfonamides is 1. The highest BCUT2D eigenvalue weighted by Gasteiger charge is 2.31. The molecule has 1 aliphatic rings. The van der Waals surface area contributed by atoms with Crippen molar-refractivity contribution in [3.8, 4) is 5.75 Å². The number of nitrogens with one attached hydrogen (secondary N) is 1. The van der Waals surface area contributed by atoms with Crippen LogP contribution in [0.2, 0.25) is 0 Å². The zero-order chi connectivity index (χ0) is 24.2. The molecule has 0 radical (unpaired) electrons. The largest absolute Gasteiger partial charge is 0.497 e. The van der Waals surface area contributed by atoms with Gasteiger partial charge in [0.05, 0.1) is 24.5 Å². The number of aryl methyl sites for hydroxylation is 2. The van der Waals surface area contributed by atoms with Crippen LogP contribution in [0.15, 0.2) is 47.4 Å². The van der Waals surface area contributed by atoms with Crippen LogP contribution in [0.3, 0.4) is 0 Å². The maximum Gasteiger partial charge on any atom is 0.243 e. The Morgan fingerprint density at radius 3 is 2.18 bits per heavy atom. The van der Waals surface area contributed by atoms with Gasteiger partial charge in [0.15, 0.2) is 0 Å². The Kier molecular flexibility index (Phi) is 7.76. The zero-order valence-corrected chi connectivity index (χ0v) is 20.3. The minimum absolute atomic E-state index is 0.0931. The van der Waals surface area contributed by atoms with E-state index in [1.165, 1.54) is 11.2 Å². The second kappa shape index (κ2) is 10.4. The molecule has 33 heavy (non-hydrogen) atoms. The summed E-state index contributed by atoms with van der Waals surface area (Å²) in [6.45, 7) is 6.31. The third kappa shape index (κ3) is 5.91. The van der Waals surface area contributed by atoms with E-state index in [0.717, 1.165) is 16.7 Å². The van der Waals surface area contributed by atoms with E-state index in [0.29, 0.717) is 18.8 Å². The summed E-state index contributed by atoms with van der Waals surface area (Å²) in [6.07, 6.45) is 0.0931. The normalized spacial score (nSPS) is 15.7. The number of rotatable bonds is 7. The molecule has 0 aliphatic carbocycles. The molecule has 3 rings (SSSR count). The van der Waals surface area contributed by atoms with Gasteiger partial charge in [-0.15, -0.1) is 0 Å². The number of amides is 2. The maximum atomic E-state index is 13.0. The predicted molar refractivity (Wildman–Crippen MR) is 125 cm³/mol. The van der Waals surface area contributed by atoms with Gasteiger partial charge >= 0.3 is 0 Å². The summed E-state index contributed by atoms with van der Waals surface area (Å²) in [5.41, 5.74) is 2.76. The van der Waals surface area contributed by atoms with E-state index in [2.05, 4.69) is 5.32 Å². The minimum atomic E-state index is -3.61. The van der Waals surface area contributed by atoms with Gasteiger partial charge in [-0.05, 0) is 54.8 Å². The lowest BCUT2D eigenvalue weighted by Gasteiger charge is -2.35. The highest BCUT2D eigenvalue weighted by Crippen LogP contribution is 2.23. The SMILES string of the molecule is COc1ccc([C@@H](CC(=O)N2CCN(S(=O)(=O)c3ccc(C)c(C)c3)CC2)NC(C)=O)cc1. The fourth-order valence-corrected chi connectivity index (χ4v) is 5.35. The van der Waals surface area contributed by atoms with Gasteiger partial charge in [-0.3, -0.25) is 9.59 Å². The van der Waals surface area contributed by atoms with Crippen molar-refractivity contribution in [2.75, 3.05) is 33.3 Å². The Labute approximate surface area is 195 Å². The molecule has 1 aliphatic heterocycles. The smallest absolute Gasteiger partial charge is 0.243 e. The van der Waals surface area contributed by atoms with E-state index in [9.17, 15) is 18.0 Å². The lowest BCUT2D eigenvalue weighted by Crippen LogP contribution is -2.51. The molecule has 1 saturated heterocycles. The van der Waals surface area contributed by atoms with Crippen molar-refractivity contribution in [1.29, 1.82) is 0 Å². The number of methoxy groups -OCH3 is 1. The number of piperazine rings is 1. The molecule has 1 N–H and O–H groups in total. The highest BCUT2D eigenvalue weighted by molar-refractivity contribution is 7.89. The van der Waals surface area contributed by atoms with Gasteiger partial charge in [0.25, 0.3) is 0 Å². The first-order chi connectivity index (χ1) is 15.6. The van der Waals surface area contributed by atoms with Crippen molar-refractivity contribution in [3.63, 3.8) is 0 Å². The third-order valence-corrected chi connectivity index (χ3v) is 7.88. The van der Waals surface area contributed by atoms with Crippen molar-refractivity contribution in [1.82, 2.24) is 14.5 Å². The number of hydrogen-bond donors (Lipinski definition) is 1. The maximum absolute atomic E-state index is 13.0. The predicted octanol–water partition coefficient (Wildman–Crippen LogP) is 2.41. The summed E-state index contributed by atoms with van der Waals surface area (Å²) in [4.78, 5) is 26.6. The van der Waals surface area contributed by atoms with Crippen molar-refractivity contribution in [2.45, 2.75) is 38.1 Å². The Hall–Kier alpha value is -2.91. The van der Waals surface area contributed by atoms with E-state index in [1.54, 1.807) is 36.3 Å². The first kappa shape index (κ1) is 24.7. The van der Waals surface area contributed by atoms with Gasteiger partial charge in [-0.1, -0.05) is 18.2 Å². The molecule has 0 unspecified atom stereocenters. The molecule has 1 fully saturated rings. The van der Waals surface area contributed by atoms with Crippen LogP contribution in [0, 0.1) is 13.8 Å². The van der Waals surface area contributed by atoms with Gasteiger partial charge < -0.3 is 15.0 Å². The van der Waals surface area contributed by atoms with Crippen LogP contribution in [-0.2, 0) is 19.6 Å². The molecular formula is C24H31N3O5S. The molecule has 1 heterocycles. The van der Waals surface area contributed by atoms with E-state index in [-0.39, 0.29) is 36.2 Å². The van der Waals surface area contributed by atoms with Crippen LogP contribution in [-0.4, -0.2) is 62.7 Å². The first-order valence-corrected chi connectivity index (χ1v) is 12.3. The molecule has 0 spiro atoms. The van der Waals surface area contributed by atoms with Crippen molar-refractivity contribution >= 4 is 21.8 Å². The summed E-state index contributed by atoms with van der Waals surface area (Å²) in [6, 6.07) is 11.9. The lowest BCUT2D eigenvalue weighted by molar-refractivity contribution is -0.133. The standard InChI is InChI=1S/C24H31N3O5S/c1-17-5-10-22(15-18(17)2)33(30,31)27-13-11-26(12-14-27)24(29)16-23(25-19(3)28)20-6-8-21(32-4)9-7-20/h5-10,15,23H,11-14,16H2,1-4H3,(H,25,28)/t23-/m1/s1. The third-order valence-electron chi connectivity index (χ3n) is 5.98. The number of carbonyl (C=O) groups excluding carboxylic acids is 2. The number of ether oxygens (including phenoxy) is 1. The molecule has 0 aromatic heterocycles. The van der Waals surface area contributed by atoms with Gasteiger partial charge in [0, 0.05) is 33.1 Å². The number of hydrogen-bond acceptors (Lipinski definition) is 5. The quantitative estimate of drug-likeness (QED) is 0.666. The molecule has 2 amide bonds. The van der Waals surface area contributed by atoms with Crippen LogP contribution in [0.4, 0.5) is 0 Å². The summed E-state index contributed by atoms with van der Waals surface area (Å²) >= 11 is 0. The molecular weight excluding hydrogens is 442 g/mol. The fourth-order valence-electron chi connectivity index (χ4n) is 3.84. The van der Waals surface area contributed by atoms with Gasteiger partial charge in [0.2, 0.25) is 21.8 Å². The lowest BCUT2D eigenvalue weighted by atomic mass is 10.0. The van der Waals surface area contributed by atoms with E-state index < -0.39 is 16.1 Å². The van der Waals surface area contributed by atoms with Crippen LogP contribution < -0.4 is 10.1 Å². The number of nitrogens with zero attached hydrogens (tertiary/aromatic N) is 2. The summed E-state index contributed by atoms with van der Waals surface area (Å²) in [5.74, 6) is 0.327. The molecule has 0 saturated carbocycles. The monoisotopic (exact) mass is 473 g/mol. The topological polar surface area (TPSA) is 96.0 Å².